The van der Waals surface area contributed by atoms with E-state index in [-0.39, 0.29) is 18.0 Å². The van der Waals surface area contributed by atoms with Crippen LogP contribution < -0.4 is 5.56 Å². The van der Waals surface area contributed by atoms with Gasteiger partial charge in [0, 0.05) is 18.1 Å². The largest absolute Gasteiger partial charge is 0.341 e. The molecule has 1 aromatic heterocycles. The molecule has 2 heterocycles. The number of hydrogen-bond donors (Lipinski definition) is 0. The third-order valence-electron chi connectivity index (χ3n) is 3.61. The summed E-state index contributed by atoms with van der Waals surface area (Å²) in [4.78, 5) is 30.5. The molecule has 1 aliphatic heterocycles. The molecule has 1 amide bonds. The monoisotopic (exact) mass is 325 g/mol. The lowest BCUT2D eigenvalue weighted by molar-refractivity contribution is -0.130. The smallest absolute Gasteiger partial charge is 0.261 e. The quantitative estimate of drug-likeness (QED) is 0.851. The van der Waals surface area contributed by atoms with Gasteiger partial charge in [0.25, 0.3) is 5.56 Å². The van der Waals surface area contributed by atoms with Crippen LogP contribution in [0.4, 0.5) is 0 Å². The Morgan fingerprint density at radius 3 is 2.67 bits per heavy atom. The van der Waals surface area contributed by atoms with Crippen molar-refractivity contribution in [3.63, 3.8) is 0 Å². The summed E-state index contributed by atoms with van der Waals surface area (Å²) in [5.74, 6) is -0.0659. The first-order chi connectivity index (χ1) is 10.1. The number of amides is 1. The Labute approximate surface area is 131 Å². The molecule has 0 unspecified atom stereocenters. The van der Waals surface area contributed by atoms with Gasteiger partial charge >= 0.3 is 0 Å². The fourth-order valence-electron chi connectivity index (χ4n) is 2.52. The summed E-state index contributed by atoms with van der Waals surface area (Å²) >= 11 is 11.9. The van der Waals surface area contributed by atoms with Crippen molar-refractivity contribution in [3.05, 3.63) is 38.9 Å². The SMILES string of the molecule is O=C(Cn1cnc2c(Cl)cc(Cl)cc2c1=O)N1CCCC1. The van der Waals surface area contributed by atoms with Crippen LogP contribution in [0.15, 0.2) is 23.3 Å². The van der Waals surface area contributed by atoms with Gasteiger partial charge in [-0.2, -0.15) is 0 Å². The maximum atomic E-state index is 12.4. The highest BCUT2D eigenvalue weighted by Gasteiger charge is 2.19. The third-order valence-corrected chi connectivity index (χ3v) is 4.12. The minimum atomic E-state index is -0.308. The van der Waals surface area contributed by atoms with Gasteiger partial charge in [0.15, 0.2) is 0 Å². The number of fused-ring (bicyclic) bond motifs is 1. The van der Waals surface area contributed by atoms with Gasteiger partial charge in [-0.15, -0.1) is 0 Å². The molecule has 0 aliphatic carbocycles. The second kappa shape index (κ2) is 5.66. The molecule has 2 aromatic rings. The van der Waals surface area contributed by atoms with E-state index in [9.17, 15) is 9.59 Å². The summed E-state index contributed by atoms with van der Waals surface area (Å²) in [6.07, 6.45) is 3.39. The lowest BCUT2D eigenvalue weighted by atomic mass is 10.2. The zero-order chi connectivity index (χ0) is 15.0. The maximum Gasteiger partial charge on any atom is 0.261 e. The topological polar surface area (TPSA) is 55.2 Å². The molecule has 1 aliphatic rings. The van der Waals surface area contributed by atoms with E-state index in [1.165, 1.54) is 23.0 Å². The fourth-order valence-corrected chi connectivity index (χ4v) is 3.06. The molecule has 0 radical (unpaired) electrons. The van der Waals surface area contributed by atoms with Gasteiger partial charge < -0.3 is 4.90 Å². The van der Waals surface area contributed by atoms with Crippen LogP contribution in [0.2, 0.25) is 10.0 Å². The van der Waals surface area contributed by atoms with Crippen LogP contribution in [0.25, 0.3) is 10.9 Å². The normalized spacial score (nSPS) is 14.9. The molecule has 0 bridgehead atoms. The van der Waals surface area contributed by atoms with E-state index in [0.29, 0.717) is 20.9 Å². The predicted octanol–water partition coefficient (Wildman–Crippen LogP) is 2.33. The van der Waals surface area contributed by atoms with Gasteiger partial charge in [-0.05, 0) is 25.0 Å². The van der Waals surface area contributed by atoms with Crippen LogP contribution in [-0.2, 0) is 11.3 Å². The summed E-state index contributed by atoms with van der Waals surface area (Å²) in [6.45, 7) is 1.50. The van der Waals surface area contributed by atoms with E-state index in [2.05, 4.69) is 4.98 Å². The van der Waals surface area contributed by atoms with Crippen molar-refractivity contribution >= 4 is 40.0 Å². The molecule has 7 heteroatoms. The van der Waals surface area contributed by atoms with Crippen LogP contribution >= 0.6 is 23.2 Å². The number of rotatable bonds is 2. The number of aromatic nitrogens is 2. The Kier molecular flexibility index (Phi) is 3.87. The second-order valence-electron chi connectivity index (χ2n) is 5.05. The van der Waals surface area contributed by atoms with Crippen molar-refractivity contribution in [2.45, 2.75) is 19.4 Å². The number of hydrogen-bond acceptors (Lipinski definition) is 3. The molecule has 0 N–H and O–H groups in total. The van der Waals surface area contributed by atoms with Gasteiger partial charge in [0.1, 0.15) is 6.54 Å². The molecule has 0 atom stereocenters. The van der Waals surface area contributed by atoms with Crippen molar-refractivity contribution in [2.75, 3.05) is 13.1 Å². The number of halogens is 2. The van der Waals surface area contributed by atoms with Gasteiger partial charge in [-0.1, -0.05) is 23.2 Å². The maximum absolute atomic E-state index is 12.4. The summed E-state index contributed by atoms with van der Waals surface area (Å²) in [6, 6.07) is 3.06. The van der Waals surface area contributed by atoms with Crippen LogP contribution in [0.5, 0.6) is 0 Å². The van der Waals surface area contributed by atoms with Crippen molar-refractivity contribution in [1.82, 2.24) is 14.5 Å². The number of nitrogens with zero attached hydrogens (tertiary/aromatic N) is 3. The molecule has 0 saturated carbocycles. The lowest BCUT2D eigenvalue weighted by Crippen LogP contribution is -2.34. The Hall–Kier alpha value is -1.59. The van der Waals surface area contributed by atoms with E-state index >= 15 is 0 Å². The number of likely N-dealkylation sites (tertiary alicyclic amines) is 1. The van der Waals surface area contributed by atoms with Crippen LogP contribution in [0, 0.1) is 0 Å². The van der Waals surface area contributed by atoms with Crippen LogP contribution in [-0.4, -0.2) is 33.4 Å². The van der Waals surface area contributed by atoms with Crippen molar-refractivity contribution < 1.29 is 4.79 Å². The number of carbonyl (C=O) groups excluding carboxylic acids is 1. The van der Waals surface area contributed by atoms with Gasteiger partial charge in [-0.3, -0.25) is 14.2 Å². The molecule has 21 heavy (non-hydrogen) atoms. The summed E-state index contributed by atoms with van der Waals surface area (Å²) < 4.78 is 1.30. The Morgan fingerprint density at radius 2 is 1.95 bits per heavy atom. The molecule has 110 valence electrons. The van der Waals surface area contributed by atoms with Gasteiger partial charge in [-0.25, -0.2) is 4.98 Å². The molecule has 1 saturated heterocycles. The van der Waals surface area contributed by atoms with E-state index in [1.807, 2.05) is 0 Å². The fraction of sp³-hybridized carbons (Fsp3) is 0.357. The summed E-state index contributed by atoms with van der Waals surface area (Å²) in [7, 11) is 0. The van der Waals surface area contributed by atoms with Gasteiger partial charge in [0.2, 0.25) is 5.91 Å². The summed E-state index contributed by atoms with van der Waals surface area (Å²) in [5, 5.41) is 1.02. The van der Waals surface area contributed by atoms with E-state index in [4.69, 9.17) is 23.2 Å². The second-order valence-corrected chi connectivity index (χ2v) is 5.89. The minimum Gasteiger partial charge on any atom is -0.341 e. The number of benzene rings is 1. The zero-order valence-electron chi connectivity index (χ0n) is 11.2. The highest BCUT2D eigenvalue weighted by atomic mass is 35.5. The van der Waals surface area contributed by atoms with Crippen molar-refractivity contribution in [3.8, 4) is 0 Å². The van der Waals surface area contributed by atoms with Gasteiger partial charge in [0.05, 0.1) is 22.3 Å². The van der Waals surface area contributed by atoms with Crippen LogP contribution in [0.3, 0.4) is 0 Å². The Bertz CT molecular complexity index is 767. The van der Waals surface area contributed by atoms with E-state index < -0.39 is 0 Å². The van der Waals surface area contributed by atoms with E-state index in [0.717, 1.165) is 25.9 Å². The molecule has 1 aromatic carbocycles. The lowest BCUT2D eigenvalue weighted by Gasteiger charge is -2.16. The zero-order valence-corrected chi connectivity index (χ0v) is 12.7. The first-order valence-corrected chi connectivity index (χ1v) is 7.44. The average Bonchev–Trinajstić information content (AvgIpc) is 2.96. The van der Waals surface area contributed by atoms with Crippen LogP contribution in [0.1, 0.15) is 12.8 Å². The standard InChI is InChI=1S/C14H13Cl2N3O2/c15-9-5-10-13(11(16)6-9)17-8-19(14(10)21)7-12(20)18-3-1-2-4-18/h5-6,8H,1-4,7H2. The first-order valence-electron chi connectivity index (χ1n) is 6.68. The number of carbonyl (C=O) groups is 1. The molecule has 1 fully saturated rings. The molecular weight excluding hydrogens is 313 g/mol. The highest BCUT2D eigenvalue weighted by Crippen LogP contribution is 2.23. The first kappa shape index (κ1) is 14.4. The molecule has 3 rings (SSSR count). The minimum absolute atomic E-state index is 0.00803. The predicted molar refractivity (Wildman–Crippen MR) is 81.8 cm³/mol. The van der Waals surface area contributed by atoms with Crippen molar-refractivity contribution in [1.29, 1.82) is 0 Å². The van der Waals surface area contributed by atoms with Crippen molar-refractivity contribution in [2.24, 2.45) is 0 Å². The molecular formula is C14H13Cl2N3O2. The average molecular weight is 326 g/mol. The third kappa shape index (κ3) is 2.76. The Morgan fingerprint density at radius 1 is 1.24 bits per heavy atom. The highest BCUT2D eigenvalue weighted by molar-refractivity contribution is 6.38. The molecule has 0 spiro atoms. The van der Waals surface area contributed by atoms with E-state index in [1.54, 1.807) is 4.90 Å². The Balaban J connectivity index is 1.98. The molecule has 5 nitrogen and oxygen atoms in total. The summed E-state index contributed by atoms with van der Waals surface area (Å²) in [5.41, 5.74) is 0.0906.